The van der Waals surface area contributed by atoms with E-state index >= 15 is 0 Å². The first-order valence-corrected chi connectivity index (χ1v) is 3.01. The Balaban J connectivity index is 3.56. The molecule has 0 heterocycles. The molecule has 0 bridgehead atoms. The van der Waals surface area contributed by atoms with Crippen molar-refractivity contribution in [1.82, 2.24) is 5.32 Å². The molecule has 0 aliphatic rings. The van der Waals surface area contributed by atoms with E-state index in [1.165, 1.54) is 0 Å². The highest BCUT2D eigenvalue weighted by Crippen LogP contribution is 1.86. The normalized spacial score (nSPS) is 11.1. The molecule has 0 fully saturated rings. The van der Waals surface area contributed by atoms with E-state index in [0.717, 1.165) is 5.70 Å². The lowest BCUT2D eigenvalue weighted by molar-refractivity contribution is 1.14. The molecule has 0 rings (SSSR count). The lowest BCUT2D eigenvalue weighted by Crippen LogP contribution is -2.13. The van der Waals surface area contributed by atoms with Crippen LogP contribution in [0.4, 0.5) is 0 Å². The summed E-state index contributed by atoms with van der Waals surface area (Å²) in [7, 11) is 1.69. The molecule has 3 heteroatoms. The van der Waals surface area contributed by atoms with Crippen LogP contribution in [0.15, 0.2) is 17.3 Å². The molecule has 8 heavy (non-hydrogen) atoms. The highest BCUT2D eigenvalue weighted by Gasteiger charge is 1.85. The third kappa shape index (κ3) is 3.87. The van der Waals surface area contributed by atoms with Crippen LogP contribution in [0, 0.1) is 0 Å². The lowest BCUT2D eigenvalue weighted by Gasteiger charge is -1.98. The summed E-state index contributed by atoms with van der Waals surface area (Å²) in [6.07, 6.45) is 0. The average molecular weight is 177 g/mol. The maximum atomic E-state index is 3.79. The van der Waals surface area contributed by atoms with Gasteiger partial charge in [0.05, 0.1) is 0 Å². The number of aliphatic imine (C=N–C) groups is 1. The second-order valence-corrected chi connectivity index (χ2v) is 2.17. The van der Waals surface area contributed by atoms with E-state index in [1.807, 2.05) is 6.92 Å². The topological polar surface area (TPSA) is 24.4 Å². The first kappa shape index (κ1) is 7.69. The maximum Gasteiger partial charge on any atom is 0.169 e. The Bertz CT molecular complexity index is 118. The summed E-state index contributed by atoms with van der Waals surface area (Å²) < 4.78 is 0.713. The van der Waals surface area contributed by atoms with Crippen LogP contribution in [0.5, 0.6) is 0 Å². The van der Waals surface area contributed by atoms with Crippen LogP contribution >= 0.6 is 15.9 Å². The van der Waals surface area contributed by atoms with Crippen LogP contribution in [0.2, 0.25) is 0 Å². The summed E-state index contributed by atoms with van der Waals surface area (Å²) in [6.45, 7) is 5.49. The number of hydrogen-bond donors (Lipinski definition) is 1. The van der Waals surface area contributed by atoms with E-state index in [1.54, 1.807) is 7.05 Å². The van der Waals surface area contributed by atoms with Crippen molar-refractivity contribution in [2.45, 2.75) is 6.92 Å². The summed E-state index contributed by atoms with van der Waals surface area (Å²) in [4.78, 5) is 3.79. The Kier molecular flexibility index (Phi) is 3.52. The maximum absolute atomic E-state index is 3.79. The number of allylic oxidation sites excluding steroid dienone is 1. The number of nitrogens with one attached hydrogen (secondary N) is 1. The molecule has 0 amide bonds. The van der Waals surface area contributed by atoms with Gasteiger partial charge in [-0.25, -0.2) is 0 Å². The van der Waals surface area contributed by atoms with Gasteiger partial charge in [-0.3, -0.25) is 4.99 Å². The molecule has 0 saturated heterocycles. The zero-order chi connectivity index (χ0) is 6.57. The van der Waals surface area contributed by atoms with Gasteiger partial charge in [0.2, 0.25) is 0 Å². The largest absolute Gasteiger partial charge is 0.339 e. The second kappa shape index (κ2) is 3.66. The summed E-state index contributed by atoms with van der Waals surface area (Å²) in [5.41, 5.74) is 0.877. The predicted molar refractivity (Wildman–Crippen MR) is 40.2 cm³/mol. The van der Waals surface area contributed by atoms with Crippen molar-refractivity contribution in [3.05, 3.63) is 12.3 Å². The van der Waals surface area contributed by atoms with Crippen LogP contribution < -0.4 is 5.32 Å². The molecule has 0 spiro atoms. The van der Waals surface area contributed by atoms with Crippen LogP contribution in [-0.4, -0.2) is 11.8 Å². The van der Waals surface area contributed by atoms with Crippen molar-refractivity contribution < 1.29 is 0 Å². The zero-order valence-electron chi connectivity index (χ0n) is 5.03. The van der Waals surface area contributed by atoms with Gasteiger partial charge in [0.25, 0.3) is 0 Å². The van der Waals surface area contributed by atoms with Crippen LogP contribution in [0.1, 0.15) is 6.92 Å². The monoisotopic (exact) mass is 176 g/mol. The minimum Gasteiger partial charge on any atom is -0.339 e. The summed E-state index contributed by atoms with van der Waals surface area (Å²) >= 11 is 3.16. The first-order chi connectivity index (χ1) is 3.66. The smallest absolute Gasteiger partial charge is 0.169 e. The molecule has 0 radical (unpaired) electrons. The highest BCUT2D eigenvalue weighted by atomic mass is 79.9. The van der Waals surface area contributed by atoms with Crippen molar-refractivity contribution in [3.63, 3.8) is 0 Å². The third-order valence-electron chi connectivity index (χ3n) is 0.513. The number of hydrogen-bond acceptors (Lipinski definition) is 1. The highest BCUT2D eigenvalue weighted by molar-refractivity contribution is 9.18. The van der Waals surface area contributed by atoms with Crippen molar-refractivity contribution in [2.24, 2.45) is 4.99 Å². The van der Waals surface area contributed by atoms with Gasteiger partial charge in [-0.1, -0.05) is 6.58 Å². The fourth-order valence-electron chi connectivity index (χ4n) is 0.232. The van der Waals surface area contributed by atoms with E-state index in [-0.39, 0.29) is 0 Å². The SMILES string of the molecule is C=C(C)NC(Br)=NC. The fourth-order valence-corrected chi connectivity index (χ4v) is 0.570. The van der Waals surface area contributed by atoms with Crippen LogP contribution in [-0.2, 0) is 0 Å². The molecular weight excluding hydrogens is 168 g/mol. The molecule has 0 saturated carbocycles. The molecule has 0 unspecified atom stereocenters. The van der Waals surface area contributed by atoms with E-state index in [4.69, 9.17) is 0 Å². The average Bonchev–Trinajstić information content (AvgIpc) is 1.65. The third-order valence-corrected chi connectivity index (χ3v) is 1.07. The molecule has 0 aromatic heterocycles. The molecule has 0 aliphatic carbocycles. The molecule has 46 valence electrons. The van der Waals surface area contributed by atoms with Crippen molar-refractivity contribution in [3.8, 4) is 0 Å². The Morgan fingerprint density at radius 3 is 2.38 bits per heavy atom. The standard InChI is InChI=1S/C5H9BrN2/c1-4(2)8-5(6)7-3/h1H2,2-3H3,(H,7,8). The number of rotatable bonds is 1. The Morgan fingerprint density at radius 2 is 2.25 bits per heavy atom. The van der Waals surface area contributed by atoms with Crippen molar-refractivity contribution in [2.75, 3.05) is 7.05 Å². The van der Waals surface area contributed by atoms with Crippen molar-refractivity contribution in [1.29, 1.82) is 0 Å². The second-order valence-electron chi connectivity index (χ2n) is 1.42. The molecule has 0 aliphatic heterocycles. The fraction of sp³-hybridized carbons (Fsp3) is 0.400. The number of amidine groups is 1. The first-order valence-electron chi connectivity index (χ1n) is 2.21. The van der Waals surface area contributed by atoms with E-state index in [0.29, 0.717) is 4.74 Å². The summed E-state index contributed by atoms with van der Waals surface area (Å²) in [6, 6.07) is 0. The number of halogens is 1. The van der Waals surface area contributed by atoms with E-state index < -0.39 is 0 Å². The summed E-state index contributed by atoms with van der Waals surface area (Å²) in [5, 5.41) is 2.86. The van der Waals surface area contributed by atoms with Gasteiger partial charge >= 0.3 is 0 Å². The molecule has 1 N–H and O–H groups in total. The van der Waals surface area contributed by atoms with E-state index in [9.17, 15) is 0 Å². The van der Waals surface area contributed by atoms with Gasteiger partial charge in [0.1, 0.15) is 0 Å². The van der Waals surface area contributed by atoms with Crippen LogP contribution in [0.25, 0.3) is 0 Å². The minimum atomic E-state index is 0.713. The molecule has 0 aromatic carbocycles. The zero-order valence-corrected chi connectivity index (χ0v) is 6.62. The van der Waals surface area contributed by atoms with Gasteiger partial charge in [-0.2, -0.15) is 0 Å². The lowest BCUT2D eigenvalue weighted by atomic mass is 10.6. The quantitative estimate of drug-likeness (QED) is 0.366. The molecule has 2 nitrogen and oxygen atoms in total. The molecule has 0 aromatic rings. The van der Waals surface area contributed by atoms with Gasteiger partial charge in [0.15, 0.2) is 4.74 Å². The Labute approximate surface area is 57.8 Å². The Morgan fingerprint density at radius 1 is 1.75 bits per heavy atom. The van der Waals surface area contributed by atoms with Gasteiger partial charge < -0.3 is 5.32 Å². The Hall–Kier alpha value is -0.310. The van der Waals surface area contributed by atoms with Gasteiger partial charge in [0, 0.05) is 12.7 Å². The minimum absolute atomic E-state index is 0.713. The van der Waals surface area contributed by atoms with Crippen molar-refractivity contribution >= 4 is 20.7 Å². The van der Waals surface area contributed by atoms with E-state index in [2.05, 4.69) is 32.8 Å². The predicted octanol–water partition coefficient (Wildman–Crippen LogP) is 1.49. The molecular formula is C5H9BrN2. The summed E-state index contributed by atoms with van der Waals surface area (Å²) in [5.74, 6) is 0. The van der Waals surface area contributed by atoms with Gasteiger partial charge in [-0.05, 0) is 22.9 Å². The number of nitrogens with zero attached hydrogens (tertiary/aromatic N) is 1. The van der Waals surface area contributed by atoms with Crippen LogP contribution in [0.3, 0.4) is 0 Å². The molecule has 0 atom stereocenters. The van der Waals surface area contributed by atoms with Gasteiger partial charge in [-0.15, -0.1) is 0 Å².